The summed E-state index contributed by atoms with van der Waals surface area (Å²) >= 11 is 0. The van der Waals surface area contributed by atoms with Gasteiger partial charge in [0.2, 0.25) is 0 Å². The van der Waals surface area contributed by atoms with Crippen molar-refractivity contribution in [1.82, 2.24) is 4.98 Å². The molecule has 18 heavy (non-hydrogen) atoms. The second kappa shape index (κ2) is 4.85. The van der Waals surface area contributed by atoms with Crippen LogP contribution in [0.4, 0.5) is 11.5 Å². The predicted octanol–water partition coefficient (Wildman–Crippen LogP) is 2.92. The van der Waals surface area contributed by atoms with Gasteiger partial charge in [-0.05, 0) is 30.4 Å². The molecular formula is C14H20N4. The van der Waals surface area contributed by atoms with Gasteiger partial charge in [-0.3, -0.25) is 0 Å². The summed E-state index contributed by atoms with van der Waals surface area (Å²) < 4.78 is 0. The fraction of sp³-hybridized carbons (Fsp3) is 0.571. The first-order valence-electron chi connectivity index (χ1n) is 6.46. The molecule has 1 aliphatic rings. The van der Waals surface area contributed by atoms with E-state index >= 15 is 0 Å². The third-order valence-electron chi connectivity index (χ3n) is 3.86. The largest absolute Gasteiger partial charge is 0.396 e. The molecule has 4 nitrogen and oxygen atoms in total. The summed E-state index contributed by atoms with van der Waals surface area (Å²) in [5.41, 5.74) is 6.68. The lowest BCUT2D eigenvalue weighted by Crippen LogP contribution is -2.39. The number of anilines is 2. The summed E-state index contributed by atoms with van der Waals surface area (Å²) in [4.78, 5) is 4.25. The van der Waals surface area contributed by atoms with Gasteiger partial charge in [0.1, 0.15) is 11.9 Å². The van der Waals surface area contributed by atoms with Crippen LogP contribution in [0.3, 0.4) is 0 Å². The number of nitrogen functional groups attached to an aromatic ring is 1. The molecule has 96 valence electrons. The van der Waals surface area contributed by atoms with Crippen LogP contribution in [-0.4, -0.2) is 11.0 Å². The number of nitrogens with zero attached hydrogens (tertiary/aromatic N) is 2. The first kappa shape index (κ1) is 12.7. The number of rotatable bonds is 2. The lowest BCUT2D eigenvalue weighted by Gasteiger charge is -2.39. The highest BCUT2D eigenvalue weighted by atomic mass is 15.0. The molecule has 0 bridgehead atoms. The second-order valence-electron chi connectivity index (χ2n) is 5.68. The molecule has 1 fully saturated rings. The molecule has 0 radical (unpaired) electrons. The topological polar surface area (TPSA) is 74.7 Å². The fourth-order valence-corrected chi connectivity index (χ4v) is 2.58. The van der Waals surface area contributed by atoms with Crippen LogP contribution in [0.25, 0.3) is 0 Å². The van der Waals surface area contributed by atoms with Crippen LogP contribution in [0.1, 0.15) is 45.2 Å². The summed E-state index contributed by atoms with van der Waals surface area (Å²) in [7, 11) is 0. The maximum Gasteiger partial charge on any atom is 0.165 e. The van der Waals surface area contributed by atoms with E-state index in [1.165, 1.54) is 19.3 Å². The molecule has 0 aromatic carbocycles. The Hall–Kier alpha value is -1.76. The van der Waals surface area contributed by atoms with E-state index in [9.17, 15) is 0 Å². The average Bonchev–Trinajstić information content (AvgIpc) is 2.34. The van der Waals surface area contributed by atoms with E-state index in [4.69, 9.17) is 11.0 Å². The minimum absolute atomic E-state index is 0.272. The molecule has 1 saturated carbocycles. The van der Waals surface area contributed by atoms with Crippen molar-refractivity contribution in [3.05, 3.63) is 17.8 Å². The lowest BCUT2D eigenvalue weighted by molar-refractivity contribution is 0.216. The normalized spacial score (nSPS) is 22.2. The van der Waals surface area contributed by atoms with Crippen molar-refractivity contribution >= 4 is 11.5 Å². The summed E-state index contributed by atoms with van der Waals surface area (Å²) in [6.45, 7) is 4.57. The molecule has 1 aliphatic carbocycles. The smallest absolute Gasteiger partial charge is 0.165 e. The standard InChI is InChI=1S/C14H20N4/c1-14(2)8-4-3-5-12(14)18-13-7-6-10(16)11(9-15)17-13/h6-7,12H,3-5,8,16H2,1-2H3,(H,17,18). The molecule has 0 saturated heterocycles. The average molecular weight is 244 g/mol. The highest BCUT2D eigenvalue weighted by Gasteiger charge is 2.32. The van der Waals surface area contributed by atoms with E-state index in [-0.39, 0.29) is 5.41 Å². The summed E-state index contributed by atoms with van der Waals surface area (Å²) in [6.07, 6.45) is 4.93. The zero-order chi connectivity index (χ0) is 13.2. The molecule has 1 aromatic heterocycles. The maximum absolute atomic E-state index is 8.93. The van der Waals surface area contributed by atoms with E-state index < -0.39 is 0 Å². The third kappa shape index (κ3) is 2.56. The van der Waals surface area contributed by atoms with Gasteiger partial charge in [-0.15, -0.1) is 0 Å². The van der Waals surface area contributed by atoms with E-state index in [0.29, 0.717) is 17.4 Å². The van der Waals surface area contributed by atoms with Crippen molar-refractivity contribution < 1.29 is 0 Å². The van der Waals surface area contributed by atoms with Crippen LogP contribution >= 0.6 is 0 Å². The van der Waals surface area contributed by atoms with Crippen LogP contribution in [-0.2, 0) is 0 Å². The first-order chi connectivity index (χ1) is 8.53. The van der Waals surface area contributed by atoms with Gasteiger partial charge in [0.05, 0.1) is 5.69 Å². The van der Waals surface area contributed by atoms with Crippen LogP contribution < -0.4 is 11.1 Å². The highest BCUT2D eigenvalue weighted by molar-refractivity contribution is 5.54. The van der Waals surface area contributed by atoms with E-state index in [0.717, 1.165) is 12.2 Å². The molecular weight excluding hydrogens is 224 g/mol. The second-order valence-corrected chi connectivity index (χ2v) is 5.68. The van der Waals surface area contributed by atoms with Gasteiger partial charge in [0.25, 0.3) is 0 Å². The Morgan fingerprint density at radius 3 is 2.89 bits per heavy atom. The number of aromatic nitrogens is 1. The maximum atomic E-state index is 8.93. The van der Waals surface area contributed by atoms with Crippen LogP contribution in [0, 0.1) is 16.7 Å². The number of hydrogen-bond acceptors (Lipinski definition) is 4. The minimum Gasteiger partial charge on any atom is -0.396 e. The molecule has 3 N–H and O–H groups in total. The Bertz CT molecular complexity index is 473. The van der Waals surface area contributed by atoms with Crippen molar-refractivity contribution in [2.75, 3.05) is 11.1 Å². The minimum atomic E-state index is 0.272. The van der Waals surface area contributed by atoms with Crippen molar-refractivity contribution in [2.45, 2.75) is 45.6 Å². The van der Waals surface area contributed by atoms with Gasteiger partial charge in [0.15, 0.2) is 5.69 Å². The number of nitrogens with two attached hydrogens (primary N) is 1. The summed E-state index contributed by atoms with van der Waals surface area (Å²) in [5, 5.41) is 12.4. The van der Waals surface area contributed by atoms with Gasteiger partial charge in [-0.1, -0.05) is 26.7 Å². The van der Waals surface area contributed by atoms with E-state index in [2.05, 4.69) is 24.1 Å². The van der Waals surface area contributed by atoms with Gasteiger partial charge in [-0.2, -0.15) is 5.26 Å². The number of pyridine rings is 1. The Balaban J connectivity index is 2.16. The van der Waals surface area contributed by atoms with Crippen LogP contribution in [0.15, 0.2) is 12.1 Å². The zero-order valence-electron chi connectivity index (χ0n) is 11.0. The first-order valence-corrected chi connectivity index (χ1v) is 6.46. The summed E-state index contributed by atoms with van der Waals surface area (Å²) in [5.74, 6) is 0.751. The molecule has 0 amide bonds. The zero-order valence-corrected chi connectivity index (χ0v) is 11.0. The number of nitriles is 1. The van der Waals surface area contributed by atoms with Crippen LogP contribution in [0.5, 0.6) is 0 Å². The Morgan fingerprint density at radius 1 is 1.44 bits per heavy atom. The molecule has 2 rings (SSSR count). The van der Waals surface area contributed by atoms with Gasteiger partial charge in [-0.25, -0.2) is 4.98 Å². The Morgan fingerprint density at radius 2 is 2.22 bits per heavy atom. The number of nitrogens with one attached hydrogen (secondary N) is 1. The SMILES string of the molecule is CC1(C)CCCCC1Nc1ccc(N)c(C#N)n1. The monoisotopic (exact) mass is 244 g/mol. The van der Waals surface area contributed by atoms with Gasteiger partial charge in [0, 0.05) is 6.04 Å². The fourth-order valence-electron chi connectivity index (χ4n) is 2.58. The Labute approximate surface area is 108 Å². The molecule has 0 aliphatic heterocycles. The quantitative estimate of drug-likeness (QED) is 0.838. The van der Waals surface area contributed by atoms with E-state index in [1.54, 1.807) is 6.07 Å². The molecule has 1 unspecified atom stereocenters. The molecule has 1 heterocycles. The highest BCUT2D eigenvalue weighted by Crippen LogP contribution is 2.37. The summed E-state index contributed by atoms with van der Waals surface area (Å²) in [6, 6.07) is 6.02. The number of hydrogen-bond donors (Lipinski definition) is 2. The molecule has 1 atom stereocenters. The van der Waals surface area contributed by atoms with Crippen molar-refractivity contribution in [2.24, 2.45) is 5.41 Å². The molecule has 1 aromatic rings. The lowest BCUT2D eigenvalue weighted by atomic mass is 9.73. The van der Waals surface area contributed by atoms with E-state index in [1.807, 2.05) is 12.1 Å². The van der Waals surface area contributed by atoms with Crippen molar-refractivity contribution in [3.63, 3.8) is 0 Å². The molecule has 4 heteroatoms. The van der Waals surface area contributed by atoms with Crippen molar-refractivity contribution in [1.29, 1.82) is 5.26 Å². The molecule has 0 spiro atoms. The van der Waals surface area contributed by atoms with Crippen molar-refractivity contribution in [3.8, 4) is 6.07 Å². The van der Waals surface area contributed by atoms with Gasteiger partial charge >= 0.3 is 0 Å². The Kier molecular flexibility index (Phi) is 3.42. The third-order valence-corrected chi connectivity index (χ3v) is 3.86. The predicted molar refractivity (Wildman–Crippen MR) is 73.0 cm³/mol. The van der Waals surface area contributed by atoms with Gasteiger partial charge < -0.3 is 11.1 Å². The van der Waals surface area contributed by atoms with Crippen LogP contribution in [0.2, 0.25) is 0 Å².